The minimum Gasteiger partial charge on any atom is -0.289 e. The van der Waals surface area contributed by atoms with Crippen molar-refractivity contribution in [2.24, 2.45) is 0 Å². The summed E-state index contributed by atoms with van der Waals surface area (Å²) in [6, 6.07) is 5.62. The van der Waals surface area contributed by atoms with Crippen LogP contribution in [0.1, 0.15) is 10.4 Å². The van der Waals surface area contributed by atoms with Gasteiger partial charge in [0.15, 0.2) is 5.78 Å². The number of non-ortho nitro benzene ring substituents is 1. The molecule has 0 N–H and O–H groups in total. The largest absolute Gasteiger partial charge is 0.289 e. The molecule has 0 unspecified atom stereocenters. The van der Waals surface area contributed by atoms with E-state index in [9.17, 15) is 14.9 Å². The normalized spacial score (nSPS) is 10.8. The molecular formula is C13H11NO3. The Kier molecular flexibility index (Phi) is 4.57. The summed E-state index contributed by atoms with van der Waals surface area (Å²) in [6.07, 6.45) is 7.82. The van der Waals surface area contributed by atoms with Crippen LogP contribution in [-0.2, 0) is 0 Å². The van der Waals surface area contributed by atoms with Crippen molar-refractivity contribution in [2.45, 2.75) is 0 Å². The molecule has 0 saturated heterocycles. The number of ketones is 1. The van der Waals surface area contributed by atoms with Crippen LogP contribution >= 0.6 is 0 Å². The number of allylic oxidation sites excluding steroid dienone is 5. The summed E-state index contributed by atoms with van der Waals surface area (Å²) in [5.41, 5.74) is 0.202. The number of hydrogen-bond donors (Lipinski definition) is 0. The van der Waals surface area contributed by atoms with Crippen LogP contribution in [0.15, 0.2) is 61.2 Å². The zero-order chi connectivity index (χ0) is 12.7. The molecule has 17 heavy (non-hydrogen) atoms. The Morgan fingerprint density at radius 3 is 2.71 bits per heavy atom. The predicted molar refractivity (Wildman–Crippen MR) is 65.9 cm³/mol. The molecule has 4 nitrogen and oxygen atoms in total. The lowest BCUT2D eigenvalue weighted by atomic mass is 10.1. The van der Waals surface area contributed by atoms with Gasteiger partial charge in [-0.05, 0) is 6.08 Å². The van der Waals surface area contributed by atoms with Crippen molar-refractivity contribution in [2.75, 3.05) is 0 Å². The van der Waals surface area contributed by atoms with Crippen LogP contribution in [0.5, 0.6) is 0 Å². The Bertz CT molecular complexity index is 501. The molecule has 0 atom stereocenters. The van der Waals surface area contributed by atoms with Gasteiger partial charge in [-0.25, -0.2) is 0 Å². The van der Waals surface area contributed by atoms with Gasteiger partial charge >= 0.3 is 0 Å². The van der Waals surface area contributed by atoms with Crippen LogP contribution in [0.25, 0.3) is 0 Å². The SMILES string of the molecule is C=C/C=C/C=C/C(=O)c1cccc([N+](=O)[O-])c1. The average molecular weight is 229 g/mol. The van der Waals surface area contributed by atoms with Crippen molar-refractivity contribution in [1.29, 1.82) is 0 Å². The van der Waals surface area contributed by atoms with Gasteiger partial charge in [-0.15, -0.1) is 0 Å². The van der Waals surface area contributed by atoms with E-state index in [0.29, 0.717) is 5.56 Å². The maximum Gasteiger partial charge on any atom is 0.270 e. The number of hydrogen-bond acceptors (Lipinski definition) is 3. The van der Waals surface area contributed by atoms with Gasteiger partial charge in [-0.3, -0.25) is 14.9 Å². The molecule has 1 aromatic carbocycles. The van der Waals surface area contributed by atoms with E-state index < -0.39 is 4.92 Å². The summed E-state index contributed by atoms with van der Waals surface area (Å²) >= 11 is 0. The van der Waals surface area contributed by atoms with Crippen LogP contribution < -0.4 is 0 Å². The zero-order valence-electron chi connectivity index (χ0n) is 9.08. The number of nitrogens with zero attached hydrogens (tertiary/aromatic N) is 1. The van der Waals surface area contributed by atoms with Gasteiger partial charge in [0.25, 0.3) is 5.69 Å². The molecule has 1 rings (SSSR count). The second-order valence-corrected chi connectivity index (χ2v) is 3.15. The summed E-state index contributed by atoms with van der Waals surface area (Å²) in [4.78, 5) is 21.6. The molecule has 0 aliphatic rings. The Labute approximate surface area is 98.7 Å². The first-order chi connectivity index (χ1) is 8.15. The predicted octanol–water partition coefficient (Wildman–Crippen LogP) is 3.08. The molecule has 0 heterocycles. The molecule has 0 bridgehead atoms. The highest BCUT2D eigenvalue weighted by atomic mass is 16.6. The number of benzene rings is 1. The highest BCUT2D eigenvalue weighted by Crippen LogP contribution is 2.13. The Balaban J connectivity index is 2.85. The lowest BCUT2D eigenvalue weighted by Crippen LogP contribution is -1.96. The highest BCUT2D eigenvalue weighted by molar-refractivity contribution is 6.05. The molecular weight excluding hydrogens is 218 g/mol. The molecule has 0 fully saturated rings. The fourth-order valence-corrected chi connectivity index (χ4v) is 1.15. The molecule has 0 aliphatic heterocycles. The van der Waals surface area contributed by atoms with Gasteiger partial charge in [0.2, 0.25) is 0 Å². The molecule has 0 spiro atoms. The minimum absolute atomic E-state index is 0.0918. The second-order valence-electron chi connectivity index (χ2n) is 3.15. The van der Waals surface area contributed by atoms with E-state index in [2.05, 4.69) is 6.58 Å². The third-order valence-electron chi connectivity index (χ3n) is 1.95. The lowest BCUT2D eigenvalue weighted by molar-refractivity contribution is -0.384. The third-order valence-corrected chi connectivity index (χ3v) is 1.95. The summed E-state index contributed by atoms with van der Waals surface area (Å²) in [7, 11) is 0. The number of nitro groups is 1. The standard InChI is InChI=1S/C13H11NO3/c1-2-3-4-5-9-13(15)11-7-6-8-12(10-11)14(16)17/h2-10H,1H2/b4-3+,9-5+. The molecule has 1 aromatic rings. The number of rotatable bonds is 5. The molecule has 0 saturated carbocycles. The van der Waals surface area contributed by atoms with Gasteiger partial charge in [-0.2, -0.15) is 0 Å². The lowest BCUT2D eigenvalue weighted by Gasteiger charge is -1.95. The van der Waals surface area contributed by atoms with E-state index in [4.69, 9.17) is 0 Å². The summed E-state index contributed by atoms with van der Waals surface area (Å²) in [6.45, 7) is 3.49. The van der Waals surface area contributed by atoms with E-state index >= 15 is 0 Å². The van der Waals surface area contributed by atoms with Crippen molar-refractivity contribution in [1.82, 2.24) is 0 Å². The average Bonchev–Trinajstić information content (AvgIpc) is 2.34. The van der Waals surface area contributed by atoms with Gasteiger partial charge in [0, 0.05) is 17.7 Å². The van der Waals surface area contributed by atoms with Crippen LogP contribution in [-0.4, -0.2) is 10.7 Å². The topological polar surface area (TPSA) is 60.2 Å². The van der Waals surface area contributed by atoms with Gasteiger partial charge in [0.05, 0.1) is 4.92 Å². The van der Waals surface area contributed by atoms with Crippen LogP contribution in [0.4, 0.5) is 5.69 Å². The Hall–Kier alpha value is -2.49. The van der Waals surface area contributed by atoms with E-state index in [1.807, 2.05) is 0 Å². The first-order valence-corrected chi connectivity index (χ1v) is 4.89. The number of carbonyl (C=O) groups is 1. The van der Waals surface area contributed by atoms with E-state index in [1.54, 1.807) is 24.3 Å². The van der Waals surface area contributed by atoms with E-state index in [-0.39, 0.29) is 11.5 Å². The summed E-state index contributed by atoms with van der Waals surface area (Å²) < 4.78 is 0. The monoisotopic (exact) mass is 229 g/mol. The van der Waals surface area contributed by atoms with Crippen molar-refractivity contribution >= 4 is 11.5 Å². The number of nitro benzene ring substituents is 1. The van der Waals surface area contributed by atoms with Crippen molar-refractivity contribution < 1.29 is 9.72 Å². The Morgan fingerprint density at radius 1 is 1.29 bits per heavy atom. The fourth-order valence-electron chi connectivity index (χ4n) is 1.15. The molecule has 4 heteroatoms. The third kappa shape index (κ3) is 3.87. The summed E-state index contributed by atoms with van der Waals surface area (Å²) in [5.74, 6) is -0.276. The van der Waals surface area contributed by atoms with E-state index in [1.165, 1.54) is 30.3 Å². The second kappa shape index (κ2) is 6.17. The smallest absolute Gasteiger partial charge is 0.270 e. The maximum atomic E-state index is 11.6. The first kappa shape index (κ1) is 12.6. The number of carbonyl (C=O) groups excluding carboxylic acids is 1. The first-order valence-electron chi connectivity index (χ1n) is 4.89. The quantitative estimate of drug-likeness (QED) is 0.256. The van der Waals surface area contributed by atoms with Crippen molar-refractivity contribution in [3.8, 4) is 0 Å². The van der Waals surface area contributed by atoms with Gasteiger partial charge < -0.3 is 0 Å². The van der Waals surface area contributed by atoms with Crippen molar-refractivity contribution in [3.63, 3.8) is 0 Å². The minimum atomic E-state index is -0.530. The van der Waals surface area contributed by atoms with Crippen LogP contribution in [0, 0.1) is 10.1 Å². The Morgan fingerprint density at radius 2 is 2.06 bits per heavy atom. The maximum absolute atomic E-state index is 11.6. The molecule has 0 aliphatic carbocycles. The van der Waals surface area contributed by atoms with Gasteiger partial charge in [-0.1, -0.05) is 43.0 Å². The zero-order valence-corrected chi connectivity index (χ0v) is 9.08. The molecule has 86 valence electrons. The molecule has 0 aromatic heterocycles. The van der Waals surface area contributed by atoms with Crippen LogP contribution in [0.3, 0.4) is 0 Å². The van der Waals surface area contributed by atoms with Crippen molar-refractivity contribution in [3.05, 3.63) is 76.9 Å². The van der Waals surface area contributed by atoms with E-state index in [0.717, 1.165) is 0 Å². The van der Waals surface area contributed by atoms with Crippen LogP contribution in [0.2, 0.25) is 0 Å². The van der Waals surface area contributed by atoms with Gasteiger partial charge in [0.1, 0.15) is 0 Å². The summed E-state index contributed by atoms with van der Waals surface area (Å²) in [5, 5.41) is 10.5. The fraction of sp³-hybridized carbons (Fsp3) is 0. The molecule has 0 radical (unpaired) electrons. The highest BCUT2D eigenvalue weighted by Gasteiger charge is 2.08. The molecule has 0 amide bonds.